The molecular formula is C22H15Cl2F6N5O3S. The van der Waals surface area contributed by atoms with Crippen molar-refractivity contribution in [1.29, 1.82) is 5.26 Å². The Bertz CT molecular complexity index is 1550. The number of carbonyl (C=O) groups is 2. The Hall–Kier alpha value is -3.61. The van der Waals surface area contributed by atoms with Crippen LogP contribution in [0.3, 0.4) is 0 Å². The maximum Gasteiger partial charge on any atom is 0.413 e. The molecule has 0 spiro atoms. The average Bonchev–Trinajstić information content (AvgIpc) is 3.54. The Morgan fingerprint density at radius 1 is 1.13 bits per heavy atom. The minimum atomic E-state index is -10.2. The number of hydrogen-bond donors (Lipinski definition) is 2. The molecule has 8 nitrogen and oxygen atoms in total. The second kappa shape index (κ2) is 8.70. The molecule has 1 fully saturated rings. The Kier molecular flexibility index (Phi) is 6.33. The number of nitriles is 1. The molecule has 0 radical (unpaired) electrons. The number of nitrogens with zero attached hydrogens (tertiary/aromatic N) is 3. The summed E-state index contributed by atoms with van der Waals surface area (Å²) in [7, 11) is -10.2. The van der Waals surface area contributed by atoms with Crippen LogP contribution in [0.25, 0.3) is 5.69 Å². The van der Waals surface area contributed by atoms with Crippen molar-refractivity contribution in [3.8, 4) is 11.8 Å². The molecule has 0 bridgehead atoms. The first-order chi connectivity index (χ1) is 17.9. The van der Waals surface area contributed by atoms with Crippen molar-refractivity contribution in [3.63, 3.8) is 0 Å². The predicted octanol–water partition coefficient (Wildman–Crippen LogP) is 7.11. The van der Waals surface area contributed by atoms with E-state index in [0.717, 1.165) is 12.1 Å². The van der Waals surface area contributed by atoms with Crippen LogP contribution in [0.15, 0.2) is 41.3 Å². The van der Waals surface area contributed by atoms with Gasteiger partial charge in [-0.15, -0.1) is 0 Å². The van der Waals surface area contributed by atoms with Gasteiger partial charge >= 0.3 is 16.3 Å². The minimum absolute atomic E-state index is 0.0741. The van der Waals surface area contributed by atoms with Gasteiger partial charge in [0.1, 0.15) is 34.9 Å². The van der Waals surface area contributed by atoms with Gasteiger partial charge in [0.05, 0.1) is 15.5 Å². The van der Waals surface area contributed by atoms with Gasteiger partial charge in [-0.3, -0.25) is 10.1 Å². The van der Waals surface area contributed by atoms with E-state index in [1.54, 1.807) is 6.07 Å². The van der Waals surface area contributed by atoms with Crippen LogP contribution in [0, 0.1) is 17.1 Å². The van der Waals surface area contributed by atoms with Crippen molar-refractivity contribution >= 4 is 51.2 Å². The molecule has 39 heavy (non-hydrogen) atoms. The van der Waals surface area contributed by atoms with Gasteiger partial charge in [-0.05, 0) is 42.7 Å². The fourth-order valence-corrected chi connectivity index (χ4v) is 5.26. The van der Waals surface area contributed by atoms with E-state index in [4.69, 9.17) is 33.7 Å². The molecule has 1 heterocycles. The number of primary amides is 1. The second-order valence-electron chi connectivity index (χ2n) is 8.57. The fraction of sp³-hybridized carbons (Fsp3) is 0.182. The van der Waals surface area contributed by atoms with E-state index < -0.39 is 65.6 Å². The molecule has 2 aromatic carbocycles. The Balaban J connectivity index is 1.83. The minimum Gasteiger partial charge on any atom is -0.444 e. The molecule has 0 aliphatic heterocycles. The van der Waals surface area contributed by atoms with Crippen LogP contribution in [-0.4, -0.2) is 21.8 Å². The van der Waals surface area contributed by atoms with Crippen molar-refractivity contribution < 1.29 is 38.1 Å². The first-order valence-corrected chi connectivity index (χ1v) is 13.3. The third-order valence-electron chi connectivity index (χ3n) is 5.84. The lowest BCUT2D eigenvalue weighted by molar-refractivity contribution is -0.120. The number of hydrogen-bond acceptors (Lipinski definition) is 5. The molecule has 0 atom stereocenters. The Morgan fingerprint density at radius 3 is 2.15 bits per heavy atom. The zero-order valence-electron chi connectivity index (χ0n) is 19.2. The average molecular weight is 614 g/mol. The molecule has 3 aromatic rings. The van der Waals surface area contributed by atoms with Crippen LogP contribution in [-0.2, 0) is 21.6 Å². The molecule has 2 amide bonds. The highest BCUT2D eigenvalue weighted by molar-refractivity contribution is 8.45. The lowest BCUT2D eigenvalue weighted by Gasteiger charge is -2.40. The third kappa shape index (κ3) is 5.58. The smallest absolute Gasteiger partial charge is 0.413 e. The summed E-state index contributed by atoms with van der Waals surface area (Å²) in [5, 5.41) is 13.9. The molecule has 0 unspecified atom stereocenters. The van der Waals surface area contributed by atoms with E-state index in [0.29, 0.717) is 10.2 Å². The lowest BCUT2D eigenvalue weighted by Crippen LogP contribution is -2.30. The van der Waals surface area contributed by atoms with Crippen LogP contribution in [0.5, 0.6) is 0 Å². The highest BCUT2D eigenvalue weighted by atomic mass is 35.5. The number of benzene rings is 2. The highest BCUT2D eigenvalue weighted by Gasteiger charge is 2.65. The van der Waals surface area contributed by atoms with Gasteiger partial charge in [-0.1, -0.05) is 54.8 Å². The third-order valence-corrected chi connectivity index (χ3v) is 7.55. The first-order valence-electron chi connectivity index (χ1n) is 10.6. The van der Waals surface area contributed by atoms with Crippen LogP contribution in [0.2, 0.25) is 10.0 Å². The molecule has 1 aliphatic carbocycles. The van der Waals surface area contributed by atoms with Crippen molar-refractivity contribution in [3.05, 3.63) is 69.1 Å². The number of anilines is 1. The molecule has 1 aromatic heterocycles. The first kappa shape index (κ1) is 28.4. The molecule has 17 heteroatoms. The number of nitrogens with two attached hydrogens (primary N) is 1. The summed E-state index contributed by atoms with van der Waals surface area (Å²) in [6.07, 6.45) is -0.929. The molecule has 0 saturated heterocycles. The van der Waals surface area contributed by atoms with Crippen molar-refractivity contribution in [1.82, 2.24) is 9.78 Å². The van der Waals surface area contributed by atoms with E-state index in [2.05, 4.69) is 10.4 Å². The zero-order valence-corrected chi connectivity index (χ0v) is 21.5. The maximum atomic E-state index is 13.4. The standard InChI is InChI=1S/C22H15Cl2F6N5O3S/c23-14-7-13(39(26,27,28,29)30)8-15(24)18(14)35-19(17(16(9-31)34-35)22(5-6-22)20(32)36)33-21(37)38-10-11-1-3-12(25)4-2-11/h1-4,7-8H,5-6,10H2,(H2,32,36)(H,33,37). The van der Waals surface area contributed by atoms with Gasteiger partial charge in [0.25, 0.3) is 0 Å². The number of nitrogens with one attached hydrogen (secondary N) is 1. The van der Waals surface area contributed by atoms with Crippen molar-refractivity contribution in [2.45, 2.75) is 29.8 Å². The molecule has 1 aliphatic rings. The van der Waals surface area contributed by atoms with Gasteiger partial charge < -0.3 is 10.5 Å². The SMILES string of the molecule is N#Cc1nn(-c2c(Cl)cc(S(F)(F)(F)(F)F)cc2Cl)c(NC(=O)OCc2ccc(F)cc2)c1C1(C(N)=O)CC1. The molecule has 4 rings (SSSR count). The summed E-state index contributed by atoms with van der Waals surface area (Å²) < 4.78 is 85.8. The highest BCUT2D eigenvalue weighted by Crippen LogP contribution is 3.02. The summed E-state index contributed by atoms with van der Waals surface area (Å²) in [5.41, 5.74) is 3.15. The van der Waals surface area contributed by atoms with Gasteiger partial charge in [0.15, 0.2) is 5.69 Å². The zero-order chi connectivity index (χ0) is 29.0. The van der Waals surface area contributed by atoms with E-state index in [1.165, 1.54) is 12.1 Å². The predicted molar refractivity (Wildman–Crippen MR) is 130 cm³/mol. The lowest BCUT2D eigenvalue weighted by atomic mass is 9.94. The van der Waals surface area contributed by atoms with Gasteiger partial charge in [-0.2, -0.15) is 10.4 Å². The molecular weight excluding hydrogens is 599 g/mol. The molecule has 3 N–H and O–H groups in total. The summed E-state index contributed by atoms with van der Waals surface area (Å²) in [4.78, 5) is 22.6. The Labute approximate surface area is 225 Å². The van der Waals surface area contributed by atoms with E-state index in [-0.39, 0.29) is 37.1 Å². The van der Waals surface area contributed by atoms with Gasteiger partial charge in [-0.25, -0.2) is 13.9 Å². The van der Waals surface area contributed by atoms with Crippen LogP contribution in [0.4, 0.5) is 34.4 Å². The fourth-order valence-electron chi connectivity index (χ4n) is 3.80. The van der Waals surface area contributed by atoms with Crippen LogP contribution < -0.4 is 11.1 Å². The van der Waals surface area contributed by atoms with Gasteiger partial charge in [0.2, 0.25) is 5.91 Å². The molecule has 208 valence electrons. The number of ether oxygens (including phenoxy) is 1. The Morgan fingerprint density at radius 2 is 1.69 bits per heavy atom. The van der Waals surface area contributed by atoms with Crippen LogP contribution >= 0.6 is 33.4 Å². The molecule has 1 saturated carbocycles. The number of carbonyl (C=O) groups excluding carboxylic acids is 2. The number of rotatable bonds is 7. The monoisotopic (exact) mass is 613 g/mol. The number of halogens is 8. The maximum absolute atomic E-state index is 13.4. The largest absolute Gasteiger partial charge is 0.444 e. The topological polar surface area (TPSA) is 123 Å². The summed E-state index contributed by atoms with van der Waals surface area (Å²) in [5.74, 6) is -1.89. The van der Waals surface area contributed by atoms with Gasteiger partial charge in [0, 0.05) is 5.56 Å². The van der Waals surface area contributed by atoms with E-state index in [1.807, 2.05) is 0 Å². The summed E-state index contributed by atoms with van der Waals surface area (Å²) in [6, 6.07) is 6.45. The number of amides is 2. The van der Waals surface area contributed by atoms with E-state index in [9.17, 15) is 38.7 Å². The summed E-state index contributed by atoms with van der Waals surface area (Å²) in [6.45, 7) is -0.359. The second-order valence-corrected chi connectivity index (χ2v) is 11.8. The van der Waals surface area contributed by atoms with Crippen LogP contribution in [0.1, 0.15) is 29.7 Å². The van der Waals surface area contributed by atoms with E-state index >= 15 is 0 Å². The van der Waals surface area contributed by atoms with Crippen molar-refractivity contribution in [2.24, 2.45) is 5.73 Å². The van der Waals surface area contributed by atoms with Crippen molar-refractivity contribution in [2.75, 3.05) is 5.32 Å². The summed E-state index contributed by atoms with van der Waals surface area (Å²) >= 11 is 11.9. The normalized spacial score (nSPS) is 16.0. The quantitative estimate of drug-likeness (QED) is 0.275. The number of aromatic nitrogens is 2.